The van der Waals surface area contributed by atoms with E-state index in [1.807, 2.05) is 92.6 Å². The molecule has 1 aromatic rings. The summed E-state index contributed by atoms with van der Waals surface area (Å²) in [6.45, 7) is 33.6. The van der Waals surface area contributed by atoms with Crippen LogP contribution in [-0.4, -0.2) is 260 Å². The second-order valence-electron chi connectivity index (χ2n) is 30.1. The number of hydroxylamine groups is 2. The highest BCUT2D eigenvalue weighted by atomic mass is 16.7. The Morgan fingerprint density at radius 1 is 0.580 bits per heavy atom. The Morgan fingerprint density at radius 2 is 1.12 bits per heavy atom. The van der Waals surface area contributed by atoms with Crippen LogP contribution in [0.5, 0.6) is 5.75 Å². The summed E-state index contributed by atoms with van der Waals surface area (Å²) in [6.07, 6.45) is 1.20. The first-order valence-corrected chi connectivity index (χ1v) is 36.6. The minimum Gasteiger partial charge on any atom is -0.494 e. The van der Waals surface area contributed by atoms with Crippen LogP contribution in [0, 0.1) is 47.3 Å². The zero-order valence-corrected chi connectivity index (χ0v) is 65.0. The average Bonchev–Trinajstić information content (AvgIpc) is 0.752. The molecule has 0 aliphatic carbocycles. The fraction of sp³-hybridized carbons (Fsp3) is 0.773. The lowest BCUT2D eigenvalue weighted by atomic mass is 9.85. The molecule has 2 aliphatic rings. The number of benzene rings is 1. The molecule has 13 atom stereocenters. The number of unbranched alkanes of at least 4 members (excludes halogenated alkanes) is 1. The van der Waals surface area contributed by atoms with Gasteiger partial charge in [-0.3, -0.25) is 62.5 Å². The fourth-order valence-electron chi connectivity index (χ4n) is 13.2. The number of amides is 9. The van der Waals surface area contributed by atoms with E-state index in [9.17, 15) is 38.4 Å². The number of ketones is 2. The van der Waals surface area contributed by atoms with Gasteiger partial charge >= 0.3 is 0 Å². The van der Waals surface area contributed by atoms with Crippen LogP contribution in [0.15, 0.2) is 30.3 Å². The Morgan fingerprint density at radius 3 is 1.64 bits per heavy atom. The van der Waals surface area contributed by atoms with Crippen molar-refractivity contribution in [2.45, 2.75) is 236 Å². The molecule has 3 rings (SSSR count). The first-order chi connectivity index (χ1) is 46.8. The second kappa shape index (κ2) is 42.1. The van der Waals surface area contributed by atoms with Crippen LogP contribution in [0.1, 0.15) is 175 Å². The van der Waals surface area contributed by atoms with Crippen LogP contribution < -0.4 is 15.4 Å². The Hall–Kier alpha value is -6.57. The highest BCUT2D eigenvalue weighted by Gasteiger charge is 2.54. The number of ether oxygens (including phenoxy) is 3. The number of para-hydroxylation sites is 1. The van der Waals surface area contributed by atoms with E-state index in [1.54, 1.807) is 69.7 Å². The van der Waals surface area contributed by atoms with Crippen molar-refractivity contribution in [3.05, 3.63) is 30.3 Å². The molecule has 2 saturated heterocycles. The van der Waals surface area contributed by atoms with E-state index in [4.69, 9.17) is 19.0 Å². The number of hydrogen-bond donors (Lipinski definition) is 2. The topological polar surface area (TPSA) is 275 Å². The molecule has 0 saturated carbocycles. The van der Waals surface area contributed by atoms with E-state index in [-0.39, 0.29) is 105 Å². The Labute approximate surface area is 598 Å². The summed E-state index contributed by atoms with van der Waals surface area (Å²) in [5.41, 5.74) is 0. The molecule has 0 spiro atoms. The predicted molar refractivity (Wildman–Crippen MR) is 385 cm³/mol. The number of nitrogens with one attached hydrogen (secondary N) is 2. The van der Waals surface area contributed by atoms with Crippen LogP contribution in [0.2, 0.25) is 0 Å². The van der Waals surface area contributed by atoms with Crippen molar-refractivity contribution in [3.8, 4) is 5.75 Å². The maximum atomic E-state index is 15.2. The fourth-order valence-corrected chi connectivity index (χ4v) is 13.2. The standard InChI is InChI=1S/C75H128N10O15/c1-24-57(72(93)78(17)18)77-69(90)66-67(51(13)33-38-99-55-31-27-26-28-32-55)100-85(66)75(96)64(50(11)12)83(23)74(95)60(43-48(7)8)81(21)73(94)59(42-47(5)6)80(20)70(91)53(15)76-68(89)52(14)44-61(86)58(41-46(3)4)79(19)71(92)56(49(9)10)45-62(87)65(82(22)63(88)25-2)54(16)98-37-30-29-34-84-35-39-97-40-36-84/h26-28,31-32,46-54,56-60,64-67H,24-25,29-30,33-45H2,1-23H3,(H,76,89)(H,77,90)/t51-,52-,53-,54-,56+,57+,58+,59+,60+,64+,65+,66+,67-/m1/s1. The SMILES string of the molecule is CCC(=O)N(C)[C@H](C(=O)C[C@H](C(=O)N(C)[C@@H](CC(C)C)C(=O)C[C@@H](C)C(=O)N[C@H](C)C(=O)N(C)[C@@H](CC(C)C)C(=O)N(C)[C@@H](CC(C)C)C(=O)N(C)[C@H](C(=O)N1O[C@H]([C@H](C)CCOc2ccccc2)[C@H]1C(=O)N[C@@H](CC)C(=O)N(C)C)C(C)C)C(C)C)[C@@H](C)OCCCCN1CCOCC1. The average molecular weight is 1410 g/mol. The summed E-state index contributed by atoms with van der Waals surface area (Å²) in [6, 6.07) is 0.624. The van der Waals surface area contributed by atoms with Gasteiger partial charge in [-0.1, -0.05) is 115 Å². The third kappa shape index (κ3) is 25.4. The smallest absolute Gasteiger partial charge is 0.270 e. The number of morpholine rings is 1. The summed E-state index contributed by atoms with van der Waals surface area (Å²) in [7, 11) is 10.7. The summed E-state index contributed by atoms with van der Waals surface area (Å²) in [4.78, 5) is 175. The van der Waals surface area contributed by atoms with E-state index in [1.165, 1.54) is 57.5 Å². The van der Waals surface area contributed by atoms with Crippen molar-refractivity contribution in [2.24, 2.45) is 47.3 Å². The lowest BCUT2D eigenvalue weighted by molar-refractivity contribution is -0.322. The third-order valence-electron chi connectivity index (χ3n) is 19.5. The van der Waals surface area contributed by atoms with Gasteiger partial charge in [-0.2, -0.15) is 0 Å². The molecule has 2 fully saturated rings. The monoisotopic (exact) mass is 1410 g/mol. The maximum absolute atomic E-state index is 15.2. The molecule has 2 N–H and O–H groups in total. The van der Waals surface area contributed by atoms with Gasteiger partial charge < -0.3 is 54.2 Å². The Kier molecular flexibility index (Phi) is 36.9. The summed E-state index contributed by atoms with van der Waals surface area (Å²) >= 11 is 0. The normalized spacial score (nSPS) is 18.3. The lowest BCUT2D eigenvalue weighted by Gasteiger charge is -2.50. The molecule has 100 heavy (non-hydrogen) atoms. The molecule has 568 valence electrons. The molecule has 25 heteroatoms. The van der Waals surface area contributed by atoms with Crippen LogP contribution >= 0.6 is 0 Å². The Balaban J connectivity index is 1.83. The van der Waals surface area contributed by atoms with Crippen LogP contribution in [-0.2, 0) is 67.1 Å². The third-order valence-corrected chi connectivity index (χ3v) is 19.5. The van der Waals surface area contributed by atoms with Gasteiger partial charge in [-0.15, -0.1) is 0 Å². The molecule has 2 heterocycles. The summed E-state index contributed by atoms with van der Waals surface area (Å²) in [5, 5.41) is 6.62. The molecule has 25 nitrogen and oxygen atoms in total. The van der Waals surface area contributed by atoms with Crippen LogP contribution in [0.4, 0.5) is 0 Å². The summed E-state index contributed by atoms with van der Waals surface area (Å²) in [5.74, 6) is -8.01. The molecule has 0 radical (unpaired) electrons. The number of likely N-dealkylation sites (N-methyl/N-ethyl adjacent to an activating group) is 6. The van der Waals surface area contributed by atoms with Crippen molar-refractivity contribution in [1.29, 1.82) is 0 Å². The van der Waals surface area contributed by atoms with Crippen molar-refractivity contribution in [2.75, 3.05) is 95.4 Å². The van der Waals surface area contributed by atoms with E-state index < -0.39 is 120 Å². The number of Topliss-reactive ketones (excluding diaryl/α,β-unsaturated/α-hetero) is 2. The number of rotatable bonds is 43. The number of hydrogen-bond acceptors (Lipinski definition) is 16. The summed E-state index contributed by atoms with van der Waals surface area (Å²) < 4.78 is 17.7. The molecule has 0 unspecified atom stereocenters. The largest absolute Gasteiger partial charge is 0.494 e. The minimum absolute atomic E-state index is 0.0610. The van der Waals surface area contributed by atoms with Crippen molar-refractivity contribution < 1.29 is 71.8 Å². The first kappa shape index (κ1) is 87.6. The van der Waals surface area contributed by atoms with E-state index in [2.05, 4.69) is 15.5 Å². The number of carbonyl (C=O) groups excluding carboxylic acids is 11. The van der Waals surface area contributed by atoms with Crippen molar-refractivity contribution in [3.63, 3.8) is 0 Å². The highest BCUT2D eigenvalue weighted by molar-refractivity contribution is 5.99. The zero-order chi connectivity index (χ0) is 75.7. The van der Waals surface area contributed by atoms with E-state index in [0.717, 1.165) is 37.5 Å². The zero-order valence-electron chi connectivity index (χ0n) is 65.0. The molecular weight excluding hydrogens is 1280 g/mol. The van der Waals surface area contributed by atoms with Crippen molar-refractivity contribution in [1.82, 2.24) is 50.0 Å². The van der Waals surface area contributed by atoms with Gasteiger partial charge in [-0.05, 0) is 113 Å². The van der Waals surface area contributed by atoms with Crippen molar-refractivity contribution >= 4 is 64.7 Å². The molecule has 0 bridgehead atoms. The molecule has 9 amide bonds. The van der Waals surface area contributed by atoms with Gasteiger partial charge in [0.15, 0.2) is 17.6 Å². The van der Waals surface area contributed by atoms with Gasteiger partial charge in [-0.25, -0.2) is 5.06 Å². The van der Waals surface area contributed by atoms with Crippen LogP contribution in [0.3, 0.4) is 0 Å². The first-order valence-electron chi connectivity index (χ1n) is 36.6. The number of carbonyl (C=O) groups is 11. The lowest BCUT2D eigenvalue weighted by Crippen LogP contribution is -2.71. The van der Waals surface area contributed by atoms with Gasteiger partial charge in [0.05, 0.1) is 32.0 Å². The second-order valence-corrected chi connectivity index (χ2v) is 30.1. The minimum atomic E-state index is -1.20. The van der Waals surface area contributed by atoms with Gasteiger partial charge in [0.1, 0.15) is 48.1 Å². The van der Waals surface area contributed by atoms with Crippen LogP contribution in [0.25, 0.3) is 0 Å². The highest BCUT2D eigenvalue weighted by Crippen LogP contribution is 2.34. The predicted octanol–water partition coefficient (Wildman–Crippen LogP) is 6.77. The Bertz CT molecular complexity index is 2810. The van der Waals surface area contributed by atoms with E-state index >= 15 is 14.4 Å². The quantitative estimate of drug-likeness (QED) is 0.0638. The van der Waals surface area contributed by atoms with Gasteiger partial charge in [0.2, 0.25) is 47.3 Å². The maximum Gasteiger partial charge on any atom is 0.270 e. The van der Waals surface area contributed by atoms with Gasteiger partial charge in [0, 0.05) is 100 Å². The molecule has 0 aromatic heterocycles. The molecule has 1 aromatic carbocycles. The number of nitrogens with zero attached hydrogens (tertiary/aromatic N) is 8. The molecular formula is C75H128N10O15. The molecule has 2 aliphatic heterocycles. The van der Waals surface area contributed by atoms with E-state index in [0.29, 0.717) is 32.0 Å². The van der Waals surface area contributed by atoms with Gasteiger partial charge in [0.25, 0.3) is 5.91 Å².